The molecular formula is C25H34N2O4S. The van der Waals surface area contributed by atoms with E-state index in [1.807, 2.05) is 0 Å². The molecule has 1 aliphatic heterocycles. The van der Waals surface area contributed by atoms with E-state index in [1.54, 1.807) is 25.3 Å². The Morgan fingerprint density at radius 1 is 1.12 bits per heavy atom. The first-order chi connectivity index (χ1) is 15.3. The zero-order valence-corrected chi connectivity index (χ0v) is 20.3. The number of rotatable bonds is 9. The molecule has 1 saturated heterocycles. The number of aryl methyl sites for hydroxylation is 3. The molecule has 0 aliphatic carbocycles. The van der Waals surface area contributed by atoms with Gasteiger partial charge in [-0.2, -0.15) is 4.31 Å². The summed E-state index contributed by atoms with van der Waals surface area (Å²) in [6.07, 6.45) is 3.23. The SMILES string of the molecule is CC[C@@H](NC(=O)CCc1cc(S(=O)(=O)N2CCCC2)ccc1OC)c1ccc(C)cc1C. The molecule has 1 amide bonds. The molecule has 1 atom stereocenters. The van der Waals surface area contributed by atoms with Gasteiger partial charge in [0, 0.05) is 19.5 Å². The van der Waals surface area contributed by atoms with Crippen molar-refractivity contribution in [3.8, 4) is 5.75 Å². The van der Waals surface area contributed by atoms with Crippen LogP contribution in [0.2, 0.25) is 0 Å². The van der Waals surface area contributed by atoms with Gasteiger partial charge in [0.25, 0.3) is 0 Å². The molecule has 1 fully saturated rings. The summed E-state index contributed by atoms with van der Waals surface area (Å²) < 4.78 is 32.8. The van der Waals surface area contributed by atoms with Crippen molar-refractivity contribution >= 4 is 15.9 Å². The lowest BCUT2D eigenvalue weighted by Crippen LogP contribution is -2.29. The fourth-order valence-electron chi connectivity index (χ4n) is 4.32. The van der Waals surface area contributed by atoms with Gasteiger partial charge < -0.3 is 10.1 Å². The summed E-state index contributed by atoms with van der Waals surface area (Å²) in [5.74, 6) is 0.534. The second-order valence-electron chi connectivity index (χ2n) is 8.47. The van der Waals surface area contributed by atoms with Crippen LogP contribution in [0.5, 0.6) is 5.75 Å². The minimum absolute atomic E-state index is 0.0492. The van der Waals surface area contributed by atoms with E-state index >= 15 is 0 Å². The summed E-state index contributed by atoms with van der Waals surface area (Å²) in [6, 6.07) is 11.1. The van der Waals surface area contributed by atoms with Crippen molar-refractivity contribution in [1.82, 2.24) is 9.62 Å². The van der Waals surface area contributed by atoms with E-state index in [0.29, 0.717) is 25.3 Å². The summed E-state index contributed by atoms with van der Waals surface area (Å²) in [5.41, 5.74) is 4.21. The van der Waals surface area contributed by atoms with Crippen molar-refractivity contribution < 1.29 is 17.9 Å². The van der Waals surface area contributed by atoms with Crippen LogP contribution in [0.15, 0.2) is 41.3 Å². The van der Waals surface area contributed by atoms with Crippen molar-refractivity contribution in [1.29, 1.82) is 0 Å². The van der Waals surface area contributed by atoms with Crippen molar-refractivity contribution in [3.05, 3.63) is 58.7 Å². The smallest absolute Gasteiger partial charge is 0.243 e. The molecule has 0 aromatic heterocycles. The number of benzene rings is 2. The topological polar surface area (TPSA) is 75.7 Å². The van der Waals surface area contributed by atoms with Crippen LogP contribution in [-0.4, -0.2) is 38.8 Å². The molecule has 2 aromatic rings. The summed E-state index contributed by atoms with van der Waals surface area (Å²) in [7, 11) is -1.96. The van der Waals surface area contributed by atoms with Crippen LogP contribution in [0.4, 0.5) is 0 Å². The van der Waals surface area contributed by atoms with Crippen LogP contribution >= 0.6 is 0 Å². The molecule has 0 radical (unpaired) electrons. The van der Waals surface area contributed by atoms with Crippen LogP contribution < -0.4 is 10.1 Å². The molecule has 32 heavy (non-hydrogen) atoms. The predicted molar refractivity (Wildman–Crippen MR) is 126 cm³/mol. The zero-order chi connectivity index (χ0) is 23.3. The van der Waals surface area contributed by atoms with Crippen LogP contribution in [0, 0.1) is 13.8 Å². The number of ether oxygens (including phenoxy) is 1. The molecule has 2 aromatic carbocycles. The Labute approximate surface area is 192 Å². The van der Waals surface area contributed by atoms with Crippen LogP contribution in [0.1, 0.15) is 60.9 Å². The highest BCUT2D eigenvalue weighted by molar-refractivity contribution is 7.89. The number of carbonyl (C=O) groups excluding carboxylic acids is 1. The third-order valence-electron chi connectivity index (χ3n) is 6.12. The average Bonchev–Trinajstić information content (AvgIpc) is 3.32. The van der Waals surface area contributed by atoms with Gasteiger partial charge in [0.15, 0.2) is 0 Å². The third kappa shape index (κ3) is 5.51. The van der Waals surface area contributed by atoms with Crippen molar-refractivity contribution in [3.63, 3.8) is 0 Å². The van der Waals surface area contributed by atoms with Crippen LogP contribution in [0.25, 0.3) is 0 Å². The number of hydrogen-bond donors (Lipinski definition) is 1. The zero-order valence-electron chi connectivity index (χ0n) is 19.5. The molecule has 1 N–H and O–H groups in total. The second-order valence-corrected chi connectivity index (χ2v) is 10.4. The van der Waals surface area contributed by atoms with Crippen molar-refractivity contribution in [2.75, 3.05) is 20.2 Å². The summed E-state index contributed by atoms with van der Waals surface area (Å²) in [4.78, 5) is 13.0. The monoisotopic (exact) mass is 458 g/mol. The standard InChI is InChI=1S/C25H34N2O4S/c1-5-23(22-11-8-18(2)16-19(22)3)26-25(28)13-9-20-17-21(10-12-24(20)31-4)32(29,30)27-14-6-7-15-27/h8,10-12,16-17,23H,5-7,9,13-15H2,1-4H3,(H,26,28)/t23-/m1/s1. The van der Waals surface area contributed by atoms with Gasteiger partial charge >= 0.3 is 0 Å². The van der Waals surface area contributed by atoms with E-state index in [1.165, 1.54) is 15.4 Å². The molecule has 7 heteroatoms. The fourth-order valence-corrected chi connectivity index (χ4v) is 5.89. The number of sulfonamides is 1. The first-order valence-corrected chi connectivity index (χ1v) is 12.7. The maximum atomic E-state index is 12.9. The molecule has 174 valence electrons. The van der Waals surface area contributed by atoms with E-state index in [-0.39, 0.29) is 23.3 Å². The number of amides is 1. The Bertz CT molecular complexity index is 1060. The Hall–Kier alpha value is -2.38. The molecule has 0 spiro atoms. The first-order valence-electron chi connectivity index (χ1n) is 11.3. The Balaban J connectivity index is 1.71. The highest BCUT2D eigenvalue weighted by atomic mass is 32.2. The molecule has 0 saturated carbocycles. The number of methoxy groups -OCH3 is 1. The molecule has 0 unspecified atom stereocenters. The van der Waals surface area contributed by atoms with E-state index in [9.17, 15) is 13.2 Å². The van der Waals surface area contributed by atoms with Gasteiger partial charge in [0.1, 0.15) is 5.75 Å². The van der Waals surface area contributed by atoms with E-state index < -0.39 is 10.0 Å². The number of nitrogens with zero attached hydrogens (tertiary/aromatic N) is 1. The number of nitrogens with one attached hydrogen (secondary N) is 1. The molecule has 3 rings (SSSR count). The van der Waals surface area contributed by atoms with Crippen molar-refractivity contribution in [2.24, 2.45) is 0 Å². The Morgan fingerprint density at radius 3 is 2.47 bits per heavy atom. The highest BCUT2D eigenvalue weighted by Crippen LogP contribution is 2.28. The predicted octanol–water partition coefficient (Wildman–Crippen LogP) is 4.30. The lowest BCUT2D eigenvalue weighted by Gasteiger charge is -2.20. The van der Waals surface area contributed by atoms with Gasteiger partial charge in [0.2, 0.25) is 15.9 Å². The maximum Gasteiger partial charge on any atom is 0.243 e. The van der Waals surface area contributed by atoms with E-state index in [2.05, 4.69) is 44.3 Å². The lowest BCUT2D eigenvalue weighted by atomic mass is 9.97. The average molecular weight is 459 g/mol. The van der Waals surface area contributed by atoms with Gasteiger partial charge in [-0.25, -0.2) is 8.42 Å². The molecule has 6 nitrogen and oxygen atoms in total. The minimum Gasteiger partial charge on any atom is -0.496 e. The highest BCUT2D eigenvalue weighted by Gasteiger charge is 2.28. The third-order valence-corrected chi connectivity index (χ3v) is 8.01. The van der Waals surface area contributed by atoms with Crippen LogP contribution in [0.3, 0.4) is 0 Å². The normalized spacial score (nSPS) is 15.5. The molecule has 1 aliphatic rings. The minimum atomic E-state index is -3.51. The first kappa shape index (κ1) is 24.3. The van der Waals surface area contributed by atoms with Gasteiger partial charge in [-0.15, -0.1) is 0 Å². The van der Waals surface area contributed by atoms with Gasteiger partial charge in [-0.1, -0.05) is 30.7 Å². The van der Waals surface area contributed by atoms with Gasteiger partial charge in [-0.3, -0.25) is 4.79 Å². The van der Waals surface area contributed by atoms with Gasteiger partial charge in [0.05, 0.1) is 18.0 Å². The summed E-state index contributed by atoms with van der Waals surface area (Å²) in [6.45, 7) is 7.29. The quantitative estimate of drug-likeness (QED) is 0.608. The number of carbonyl (C=O) groups is 1. The second kappa shape index (κ2) is 10.5. The fraction of sp³-hybridized carbons (Fsp3) is 0.480. The van der Waals surface area contributed by atoms with Crippen molar-refractivity contribution in [2.45, 2.75) is 63.8 Å². The molecule has 1 heterocycles. The summed E-state index contributed by atoms with van der Waals surface area (Å²) >= 11 is 0. The molecule has 0 bridgehead atoms. The van der Waals surface area contributed by atoms with Gasteiger partial charge in [-0.05, 0) is 74.4 Å². The molecular weight excluding hydrogens is 424 g/mol. The number of hydrogen-bond acceptors (Lipinski definition) is 4. The Morgan fingerprint density at radius 2 is 1.84 bits per heavy atom. The van der Waals surface area contributed by atoms with E-state index in [4.69, 9.17) is 4.74 Å². The Kier molecular flexibility index (Phi) is 7.96. The van der Waals surface area contributed by atoms with Crippen LogP contribution in [-0.2, 0) is 21.2 Å². The lowest BCUT2D eigenvalue weighted by molar-refractivity contribution is -0.121. The summed E-state index contributed by atoms with van der Waals surface area (Å²) in [5, 5.41) is 3.13. The largest absolute Gasteiger partial charge is 0.496 e. The van der Waals surface area contributed by atoms with E-state index in [0.717, 1.165) is 30.4 Å². The maximum absolute atomic E-state index is 12.9.